The van der Waals surface area contributed by atoms with Crippen molar-refractivity contribution in [2.45, 2.75) is 32.4 Å². The number of anilines is 1. The molecule has 40 heavy (non-hydrogen) atoms. The summed E-state index contributed by atoms with van der Waals surface area (Å²) in [6, 6.07) is 0.882. The zero-order valence-corrected chi connectivity index (χ0v) is 22.5. The van der Waals surface area contributed by atoms with Crippen LogP contribution in [0, 0.1) is 23.2 Å². The summed E-state index contributed by atoms with van der Waals surface area (Å²) in [5, 5.41) is 13.9. The van der Waals surface area contributed by atoms with Gasteiger partial charge in [0.05, 0.1) is 24.2 Å². The number of imidazole rings is 1. The number of nitriles is 1. The van der Waals surface area contributed by atoms with Gasteiger partial charge in [0.1, 0.15) is 23.4 Å². The predicted octanol–water partition coefficient (Wildman–Crippen LogP) is 1.69. The standard InChI is InChI=1S/C24H24F2N10O3S/c1-12(7-29-22(28-3)34-8-14-15(9-34)24(14,25)26)20-32-16(10-40-20)31-19(37)13(2)36-11-30-18-17(36)21(38)35(6-5-27)23(39)33(18)4/h7,10-11,13-15H,3,6,8-9H2,1-2,4H3,(H,31,37)/b12-7+,29-22?/t13-,14?,15?/m0/s1. The summed E-state index contributed by atoms with van der Waals surface area (Å²) < 4.78 is 30.3. The molecule has 2 aliphatic rings. The number of hydrogen-bond acceptors (Lipinski definition) is 8. The van der Waals surface area contributed by atoms with Crippen LogP contribution in [0.25, 0.3) is 16.7 Å². The van der Waals surface area contributed by atoms with Gasteiger partial charge in [-0.15, -0.1) is 11.3 Å². The van der Waals surface area contributed by atoms with Crippen molar-refractivity contribution in [3.05, 3.63) is 43.8 Å². The van der Waals surface area contributed by atoms with E-state index in [-0.39, 0.29) is 36.0 Å². The Morgan fingerprint density at radius 3 is 2.75 bits per heavy atom. The molecule has 3 aromatic rings. The fourth-order valence-electron chi connectivity index (χ4n) is 4.77. The largest absolute Gasteiger partial charge is 0.340 e. The number of aromatic nitrogens is 5. The highest BCUT2D eigenvalue weighted by Gasteiger charge is 2.72. The first-order valence-electron chi connectivity index (χ1n) is 12.1. The van der Waals surface area contributed by atoms with Crippen LogP contribution in [0.15, 0.2) is 37.5 Å². The number of aliphatic imine (C=N–C) groups is 2. The van der Waals surface area contributed by atoms with Gasteiger partial charge in [0.25, 0.3) is 11.5 Å². The van der Waals surface area contributed by atoms with Crippen LogP contribution in [-0.2, 0) is 18.4 Å². The molecule has 0 bridgehead atoms. The van der Waals surface area contributed by atoms with Crippen LogP contribution in [0.2, 0.25) is 0 Å². The Morgan fingerprint density at radius 1 is 1.40 bits per heavy atom. The van der Waals surface area contributed by atoms with E-state index in [0.29, 0.717) is 10.6 Å². The first-order valence-corrected chi connectivity index (χ1v) is 13.0. The quantitative estimate of drug-likeness (QED) is 0.349. The van der Waals surface area contributed by atoms with Crippen LogP contribution in [0.4, 0.5) is 14.6 Å². The second-order valence-electron chi connectivity index (χ2n) is 9.61. The lowest BCUT2D eigenvalue weighted by Gasteiger charge is -2.19. The van der Waals surface area contributed by atoms with E-state index in [0.717, 1.165) is 9.13 Å². The van der Waals surface area contributed by atoms with Crippen molar-refractivity contribution >= 4 is 52.5 Å². The van der Waals surface area contributed by atoms with Gasteiger partial charge in [-0.05, 0) is 20.6 Å². The lowest BCUT2D eigenvalue weighted by molar-refractivity contribution is -0.118. The first-order chi connectivity index (χ1) is 19.0. The second kappa shape index (κ2) is 9.90. The van der Waals surface area contributed by atoms with Crippen molar-refractivity contribution in [2.75, 3.05) is 18.4 Å². The zero-order chi connectivity index (χ0) is 28.9. The van der Waals surface area contributed by atoms with Gasteiger partial charge < -0.3 is 14.8 Å². The molecular weight excluding hydrogens is 546 g/mol. The number of alkyl halides is 2. The predicted molar refractivity (Wildman–Crippen MR) is 144 cm³/mol. The van der Waals surface area contributed by atoms with Crippen LogP contribution >= 0.6 is 11.3 Å². The molecule has 0 spiro atoms. The molecule has 4 heterocycles. The Hall–Kier alpha value is -4.52. The number of carbonyl (C=O) groups is 1. The Bertz CT molecular complexity index is 1740. The monoisotopic (exact) mass is 570 g/mol. The number of aryl methyl sites for hydroxylation is 1. The molecule has 13 nitrogen and oxygen atoms in total. The number of allylic oxidation sites excluding steroid dienone is 1. The smallest absolute Gasteiger partial charge is 0.333 e. The van der Waals surface area contributed by atoms with Crippen molar-refractivity contribution in [2.24, 2.45) is 28.9 Å². The van der Waals surface area contributed by atoms with Crippen LogP contribution in [0.5, 0.6) is 0 Å². The number of carbonyl (C=O) groups excluding carboxylic acids is 1. The Morgan fingerprint density at radius 2 is 2.10 bits per heavy atom. The van der Waals surface area contributed by atoms with E-state index in [1.807, 2.05) is 0 Å². The van der Waals surface area contributed by atoms with Gasteiger partial charge in [0, 0.05) is 37.3 Å². The van der Waals surface area contributed by atoms with Gasteiger partial charge in [-0.2, -0.15) is 5.26 Å². The van der Waals surface area contributed by atoms with E-state index in [9.17, 15) is 23.2 Å². The summed E-state index contributed by atoms with van der Waals surface area (Å²) in [7, 11) is 1.43. The fourth-order valence-corrected chi connectivity index (χ4v) is 5.49. The number of nitrogens with one attached hydrogen (secondary N) is 1. The maximum atomic E-state index is 13.5. The molecule has 3 aromatic heterocycles. The Balaban J connectivity index is 1.31. The molecule has 1 aliphatic heterocycles. The average molecular weight is 571 g/mol. The summed E-state index contributed by atoms with van der Waals surface area (Å²) in [4.78, 5) is 56.8. The van der Waals surface area contributed by atoms with Gasteiger partial charge in [0.2, 0.25) is 11.9 Å². The molecule has 2 unspecified atom stereocenters. The number of guanidine groups is 1. The number of likely N-dealkylation sites (tertiary alicyclic amines) is 1. The molecule has 16 heteroatoms. The summed E-state index contributed by atoms with van der Waals surface area (Å²) in [5.41, 5.74) is -0.634. The molecule has 1 amide bonds. The summed E-state index contributed by atoms with van der Waals surface area (Å²) in [6.45, 7) is 6.75. The number of fused-ring (bicyclic) bond motifs is 2. The lowest BCUT2D eigenvalue weighted by atomic mass is 10.3. The van der Waals surface area contributed by atoms with Crippen LogP contribution in [0.1, 0.15) is 24.9 Å². The molecule has 2 fully saturated rings. The summed E-state index contributed by atoms with van der Waals surface area (Å²) in [5.74, 6) is -3.88. The highest BCUT2D eigenvalue weighted by Crippen LogP contribution is 2.59. The molecule has 1 aliphatic carbocycles. The number of piperidine rings is 1. The SMILES string of the molecule is C=NC(=N/C=C(\C)c1nc(NC(=O)[C@H](C)n2cnc3c2c(=O)n(CC#N)c(=O)n3C)cs1)N1CC2C(C1)C2(F)F. The van der Waals surface area contributed by atoms with E-state index in [4.69, 9.17) is 5.26 Å². The van der Waals surface area contributed by atoms with Crippen LogP contribution in [0.3, 0.4) is 0 Å². The summed E-state index contributed by atoms with van der Waals surface area (Å²) in [6.07, 6.45) is 2.81. The number of amides is 1. The Kier molecular flexibility index (Phi) is 6.70. The van der Waals surface area contributed by atoms with Crippen LogP contribution in [-0.4, -0.2) is 66.2 Å². The molecule has 1 saturated heterocycles. The van der Waals surface area contributed by atoms with Gasteiger partial charge in [-0.25, -0.2) is 38.1 Å². The lowest BCUT2D eigenvalue weighted by Crippen LogP contribution is -2.40. The highest BCUT2D eigenvalue weighted by molar-refractivity contribution is 7.11. The fraction of sp³-hybridized carbons (Fsp3) is 0.417. The van der Waals surface area contributed by atoms with E-state index in [1.165, 1.54) is 35.5 Å². The Labute approximate surface area is 229 Å². The molecule has 0 aromatic carbocycles. The van der Waals surface area contributed by atoms with Gasteiger partial charge in [-0.3, -0.25) is 14.2 Å². The number of hydrogen-bond donors (Lipinski definition) is 1. The number of halogens is 2. The van der Waals surface area contributed by atoms with Gasteiger partial charge >= 0.3 is 5.69 Å². The van der Waals surface area contributed by atoms with E-state index < -0.39 is 47.5 Å². The number of nitrogens with zero attached hydrogens (tertiary/aromatic N) is 9. The number of rotatable bonds is 6. The third-order valence-electron chi connectivity index (χ3n) is 7.17. The van der Waals surface area contributed by atoms with Crippen molar-refractivity contribution < 1.29 is 13.6 Å². The topological polar surface area (TPSA) is 156 Å². The van der Waals surface area contributed by atoms with Crippen molar-refractivity contribution in [3.8, 4) is 6.07 Å². The second-order valence-corrected chi connectivity index (χ2v) is 10.5. The van der Waals surface area contributed by atoms with Crippen molar-refractivity contribution in [1.82, 2.24) is 28.6 Å². The van der Waals surface area contributed by atoms with Gasteiger partial charge in [0.15, 0.2) is 11.2 Å². The number of thiazole rings is 1. The zero-order valence-electron chi connectivity index (χ0n) is 21.7. The molecule has 3 atom stereocenters. The highest BCUT2D eigenvalue weighted by atomic mass is 32.1. The minimum atomic E-state index is -2.60. The molecule has 1 N–H and O–H groups in total. The normalized spacial score (nSPS) is 20.8. The van der Waals surface area contributed by atoms with E-state index in [1.54, 1.807) is 30.2 Å². The molecule has 5 rings (SSSR count). The minimum Gasteiger partial charge on any atom is -0.340 e. The molecule has 1 saturated carbocycles. The maximum Gasteiger partial charge on any atom is 0.333 e. The van der Waals surface area contributed by atoms with Crippen molar-refractivity contribution in [3.63, 3.8) is 0 Å². The van der Waals surface area contributed by atoms with Gasteiger partial charge in [-0.1, -0.05) is 0 Å². The van der Waals surface area contributed by atoms with Crippen molar-refractivity contribution in [1.29, 1.82) is 5.26 Å². The summed E-state index contributed by atoms with van der Waals surface area (Å²) >= 11 is 1.26. The third kappa shape index (κ3) is 4.41. The minimum absolute atomic E-state index is 0.0151. The molecule has 208 valence electrons. The molecule has 0 radical (unpaired) electrons. The molecular formula is C24H24F2N10O3S. The first kappa shape index (κ1) is 27.1. The average Bonchev–Trinajstić information content (AvgIpc) is 3.51. The van der Waals surface area contributed by atoms with E-state index >= 15 is 0 Å². The van der Waals surface area contributed by atoms with E-state index in [2.05, 4.69) is 32.0 Å². The maximum absolute atomic E-state index is 13.5. The third-order valence-corrected chi connectivity index (χ3v) is 8.15. The van der Waals surface area contributed by atoms with Crippen LogP contribution < -0.4 is 16.6 Å².